The van der Waals surface area contributed by atoms with E-state index in [0.29, 0.717) is 6.54 Å². The van der Waals surface area contributed by atoms with E-state index in [0.717, 1.165) is 11.0 Å². The lowest BCUT2D eigenvalue weighted by atomic mass is 10.6. The Balaban J connectivity index is 2.65. The van der Waals surface area contributed by atoms with Crippen molar-refractivity contribution in [3.05, 3.63) is 41.7 Å². The van der Waals surface area contributed by atoms with Crippen LogP contribution < -0.4 is 15.5 Å². The topological polar surface area (TPSA) is 38.2 Å². The van der Waals surface area contributed by atoms with E-state index in [1.807, 2.05) is 45.4 Å². The zero-order chi connectivity index (χ0) is 9.54. The van der Waals surface area contributed by atoms with Gasteiger partial charge in [-0.05, 0) is 12.1 Å². The van der Waals surface area contributed by atoms with Crippen molar-refractivity contribution in [2.45, 2.75) is 0 Å². The third-order valence-electron chi connectivity index (χ3n) is 2.35. The van der Waals surface area contributed by atoms with Crippen LogP contribution in [0.15, 0.2) is 40.7 Å². The van der Waals surface area contributed by atoms with Crippen molar-refractivity contribution in [1.29, 1.82) is 0 Å². The minimum Gasteiger partial charge on any atom is -0.218 e. The van der Waals surface area contributed by atoms with Gasteiger partial charge in [0.15, 0.2) is 0 Å². The standard InChI is InChI=1S/C9H10N5/c1-12-8-9(11-5-2-4-10-8)13-6-3-7-14(12)13/h2-4,6-7H,5H2,1H3/q+1. The van der Waals surface area contributed by atoms with E-state index in [2.05, 4.69) is 9.98 Å². The van der Waals surface area contributed by atoms with Gasteiger partial charge < -0.3 is 0 Å². The molecule has 1 aliphatic heterocycles. The Kier molecular flexibility index (Phi) is 1.36. The highest BCUT2D eigenvalue weighted by Crippen LogP contribution is 1.80. The molecule has 0 N–H and O–H groups in total. The molecule has 0 unspecified atom stereocenters. The van der Waals surface area contributed by atoms with E-state index in [1.165, 1.54) is 0 Å². The Morgan fingerprint density at radius 1 is 1.50 bits per heavy atom. The van der Waals surface area contributed by atoms with Crippen molar-refractivity contribution < 1.29 is 4.52 Å². The van der Waals surface area contributed by atoms with Crippen molar-refractivity contribution >= 4 is 0 Å². The molecule has 0 aliphatic carbocycles. The molecule has 1 aliphatic rings. The van der Waals surface area contributed by atoms with Crippen molar-refractivity contribution in [2.75, 3.05) is 6.54 Å². The lowest BCUT2D eigenvalue weighted by molar-refractivity contribution is -0.636. The van der Waals surface area contributed by atoms with Crippen LogP contribution in [-0.4, -0.2) is 15.9 Å². The van der Waals surface area contributed by atoms with Crippen LogP contribution >= 0.6 is 0 Å². The highest BCUT2D eigenvalue weighted by atomic mass is 15.6. The molecular formula is C9H10N5+. The third kappa shape index (κ3) is 0.810. The summed E-state index contributed by atoms with van der Waals surface area (Å²) >= 11 is 0. The van der Waals surface area contributed by atoms with Gasteiger partial charge in [-0.25, -0.2) is 4.99 Å². The number of aromatic nitrogens is 3. The van der Waals surface area contributed by atoms with Gasteiger partial charge in [-0.1, -0.05) is 4.63 Å². The normalized spacial score (nSPS) is 14.6. The third-order valence-corrected chi connectivity index (χ3v) is 2.35. The maximum absolute atomic E-state index is 4.45. The predicted molar refractivity (Wildman–Crippen MR) is 48.3 cm³/mol. The zero-order valence-electron chi connectivity index (χ0n) is 7.83. The molecule has 5 heteroatoms. The lowest BCUT2D eigenvalue weighted by Crippen LogP contribution is -2.46. The quantitative estimate of drug-likeness (QED) is 0.458. The van der Waals surface area contributed by atoms with Crippen LogP contribution in [0.3, 0.4) is 0 Å². The number of rotatable bonds is 0. The predicted octanol–water partition coefficient (Wildman–Crippen LogP) is -1.37. The minimum absolute atomic E-state index is 0.689. The van der Waals surface area contributed by atoms with Crippen LogP contribution in [0.4, 0.5) is 0 Å². The summed E-state index contributed by atoms with van der Waals surface area (Å²) in [7, 11) is 1.97. The molecule has 0 fully saturated rings. The fourth-order valence-corrected chi connectivity index (χ4v) is 1.69. The van der Waals surface area contributed by atoms with Crippen LogP contribution in [-0.2, 0) is 7.05 Å². The summed E-state index contributed by atoms with van der Waals surface area (Å²) in [6.45, 7) is 0.689. The average molecular weight is 188 g/mol. The number of hydrogen-bond donors (Lipinski definition) is 0. The maximum atomic E-state index is 4.45. The molecule has 2 aromatic heterocycles. The monoisotopic (exact) mass is 188 g/mol. The van der Waals surface area contributed by atoms with Gasteiger partial charge in [0, 0.05) is 6.20 Å². The Morgan fingerprint density at radius 3 is 3.36 bits per heavy atom. The number of aryl methyl sites for hydroxylation is 1. The first-order valence-corrected chi connectivity index (χ1v) is 4.49. The maximum Gasteiger partial charge on any atom is 0.341 e. The van der Waals surface area contributed by atoms with Crippen molar-refractivity contribution in [3.63, 3.8) is 0 Å². The Bertz CT molecular complexity index is 628. The molecule has 5 nitrogen and oxygen atoms in total. The number of nitrogens with zero attached hydrogens (tertiary/aromatic N) is 5. The zero-order valence-corrected chi connectivity index (χ0v) is 7.83. The molecule has 14 heavy (non-hydrogen) atoms. The van der Waals surface area contributed by atoms with E-state index < -0.39 is 0 Å². The first-order chi connectivity index (χ1) is 6.88. The van der Waals surface area contributed by atoms with E-state index >= 15 is 0 Å². The second kappa shape index (κ2) is 2.54. The second-order valence-corrected chi connectivity index (χ2v) is 3.18. The van der Waals surface area contributed by atoms with Crippen molar-refractivity contribution in [1.82, 2.24) is 9.31 Å². The van der Waals surface area contributed by atoms with Gasteiger partial charge in [0.25, 0.3) is 5.49 Å². The van der Waals surface area contributed by atoms with Crippen molar-refractivity contribution in [3.8, 4) is 0 Å². The molecule has 0 aromatic carbocycles. The molecular weight excluding hydrogens is 178 g/mol. The summed E-state index contributed by atoms with van der Waals surface area (Å²) in [5.41, 5.74) is 1.79. The van der Waals surface area contributed by atoms with Gasteiger partial charge in [-0.3, -0.25) is 0 Å². The number of hydrogen-bond acceptors (Lipinski definition) is 2. The lowest BCUT2D eigenvalue weighted by Gasteiger charge is -1.85. The van der Waals surface area contributed by atoms with Crippen LogP contribution in [0, 0.1) is 0 Å². The molecule has 3 rings (SSSR count). The molecule has 0 saturated heterocycles. The van der Waals surface area contributed by atoms with Gasteiger partial charge in [-0.15, -0.1) is 9.51 Å². The summed E-state index contributed by atoms with van der Waals surface area (Å²) in [6.07, 6.45) is 7.70. The largest absolute Gasteiger partial charge is 0.341 e. The highest BCUT2D eigenvalue weighted by Gasteiger charge is 2.12. The Hall–Kier alpha value is -1.91. The SMILES string of the molecule is Cn1c2c([n+]3cccn13)=NCC=CN=2. The second-order valence-electron chi connectivity index (χ2n) is 3.18. The van der Waals surface area contributed by atoms with Gasteiger partial charge >= 0.3 is 5.49 Å². The summed E-state index contributed by atoms with van der Waals surface area (Å²) < 4.78 is 5.91. The average Bonchev–Trinajstić information content (AvgIpc) is 2.65. The Morgan fingerprint density at radius 2 is 2.43 bits per heavy atom. The van der Waals surface area contributed by atoms with Gasteiger partial charge in [0.1, 0.15) is 6.54 Å². The first kappa shape index (κ1) is 7.49. The molecule has 0 atom stereocenters. The summed E-state index contributed by atoms with van der Waals surface area (Å²) in [5.74, 6) is 0. The van der Waals surface area contributed by atoms with E-state index in [4.69, 9.17) is 0 Å². The summed E-state index contributed by atoms with van der Waals surface area (Å²) in [4.78, 5) is 8.79. The van der Waals surface area contributed by atoms with Gasteiger partial charge in [-0.2, -0.15) is 4.68 Å². The van der Waals surface area contributed by atoms with Crippen LogP contribution in [0.5, 0.6) is 0 Å². The molecule has 0 bridgehead atoms. The fraction of sp³-hybridized carbons (Fsp3) is 0.222. The van der Waals surface area contributed by atoms with Crippen LogP contribution in [0.25, 0.3) is 0 Å². The minimum atomic E-state index is 0.689. The Labute approximate surface area is 79.9 Å². The molecule has 3 heterocycles. The van der Waals surface area contributed by atoms with Gasteiger partial charge in [0.05, 0.1) is 19.4 Å². The molecule has 0 amide bonds. The first-order valence-electron chi connectivity index (χ1n) is 4.49. The van der Waals surface area contributed by atoms with E-state index in [-0.39, 0.29) is 0 Å². The molecule has 0 saturated carbocycles. The van der Waals surface area contributed by atoms with Crippen LogP contribution in [0.2, 0.25) is 0 Å². The van der Waals surface area contributed by atoms with Crippen LogP contribution in [0.1, 0.15) is 0 Å². The van der Waals surface area contributed by atoms with E-state index in [1.54, 1.807) is 6.20 Å². The van der Waals surface area contributed by atoms with Crippen molar-refractivity contribution in [2.24, 2.45) is 17.0 Å². The fourth-order valence-electron chi connectivity index (χ4n) is 1.69. The number of fused-ring (bicyclic) bond motifs is 3. The summed E-state index contributed by atoms with van der Waals surface area (Å²) in [5, 5.41) is 0. The van der Waals surface area contributed by atoms with E-state index in [9.17, 15) is 0 Å². The highest BCUT2D eigenvalue weighted by molar-refractivity contribution is 4.88. The summed E-state index contributed by atoms with van der Waals surface area (Å²) in [6, 6.07) is 1.98. The molecule has 2 aromatic rings. The van der Waals surface area contributed by atoms with Gasteiger partial charge in [0.2, 0.25) is 0 Å². The molecule has 70 valence electrons. The smallest absolute Gasteiger partial charge is 0.218 e. The molecule has 0 spiro atoms. The molecule has 0 radical (unpaired) electrons.